The van der Waals surface area contributed by atoms with Gasteiger partial charge in [0.1, 0.15) is 10.7 Å². The molecule has 1 aromatic heterocycles. The molecule has 2 aromatic rings. The Morgan fingerprint density at radius 3 is 2.41 bits per heavy atom. The van der Waals surface area contributed by atoms with E-state index in [1.54, 1.807) is 0 Å². The molecule has 0 atom stereocenters. The highest BCUT2D eigenvalue weighted by atomic mass is 35.5. The van der Waals surface area contributed by atoms with Gasteiger partial charge in [0.05, 0.1) is 9.95 Å². The Hall–Kier alpha value is -2.72. The Labute approximate surface area is 130 Å². The van der Waals surface area contributed by atoms with E-state index in [9.17, 15) is 24.8 Å². The van der Waals surface area contributed by atoms with Gasteiger partial charge in [0, 0.05) is 6.07 Å². The maximum absolute atomic E-state index is 11.4. The molecule has 0 spiro atoms. The fourth-order valence-electron chi connectivity index (χ4n) is 1.41. The molecule has 1 heterocycles. The predicted octanol–water partition coefficient (Wildman–Crippen LogP) is 2.40. The second-order valence-electron chi connectivity index (χ2n) is 3.82. The Morgan fingerprint density at radius 2 is 1.82 bits per heavy atom. The minimum absolute atomic E-state index is 0.0673. The first kappa shape index (κ1) is 15.7. The summed E-state index contributed by atoms with van der Waals surface area (Å²) in [5.74, 6) is -0.790. The third-order valence-corrected chi connectivity index (χ3v) is 2.97. The van der Waals surface area contributed by atoms with Crippen molar-refractivity contribution < 1.29 is 10.0 Å². The summed E-state index contributed by atoms with van der Waals surface area (Å²) in [6.45, 7) is 0. The van der Waals surface area contributed by atoms with Crippen LogP contribution in [0.1, 0.15) is 0 Å². The number of aromatic amines is 2. The third kappa shape index (κ3) is 3.13. The highest BCUT2D eigenvalue weighted by Crippen LogP contribution is 2.36. The number of azo groups is 1. The number of aromatic hydroxyl groups is 1. The summed E-state index contributed by atoms with van der Waals surface area (Å²) in [5.41, 5.74) is -2.95. The average Bonchev–Trinajstić information content (AvgIpc) is 2.40. The molecule has 3 N–H and O–H groups in total. The largest absolute Gasteiger partial charge is 0.493 e. The average molecular weight is 346 g/mol. The molecule has 1 aromatic carbocycles. The van der Waals surface area contributed by atoms with Gasteiger partial charge in [0.2, 0.25) is 11.6 Å². The highest BCUT2D eigenvalue weighted by Gasteiger charge is 2.16. The van der Waals surface area contributed by atoms with E-state index in [1.807, 2.05) is 9.97 Å². The zero-order chi connectivity index (χ0) is 16.4. The summed E-state index contributed by atoms with van der Waals surface area (Å²) in [7, 11) is 0. The van der Waals surface area contributed by atoms with Crippen LogP contribution in [0.5, 0.6) is 5.88 Å². The number of nitrogens with one attached hydrogen (secondary N) is 2. The van der Waals surface area contributed by atoms with Gasteiger partial charge in [-0.2, -0.15) is 0 Å². The van der Waals surface area contributed by atoms with Gasteiger partial charge in [-0.15, -0.1) is 10.2 Å². The third-order valence-electron chi connectivity index (χ3n) is 2.37. The SMILES string of the molecule is O=c1[nH]c(O)c(N=Nc2cc(Cl)c([N+](=O)[O-])cc2Cl)c(=O)[nH]1. The number of rotatable bonds is 3. The van der Waals surface area contributed by atoms with Gasteiger partial charge >= 0.3 is 5.69 Å². The summed E-state index contributed by atoms with van der Waals surface area (Å²) in [4.78, 5) is 36.0. The topological polar surface area (TPSA) is 154 Å². The van der Waals surface area contributed by atoms with Crippen LogP contribution in [0.25, 0.3) is 0 Å². The van der Waals surface area contributed by atoms with Crippen LogP contribution < -0.4 is 11.2 Å². The zero-order valence-corrected chi connectivity index (χ0v) is 11.8. The molecule has 22 heavy (non-hydrogen) atoms. The van der Waals surface area contributed by atoms with E-state index in [-0.39, 0.29) is 15.7 Å². The lowest BCUT2D eigenvalue weighted by Gasteiger charge is -2.00. The first-order valence-corrected chi connectivity index (χ1v) is 6.16. The maximum atomic E-state index is 11.4. The van der Waals surface area contributed by atoms with Crippen LogP contribution in [0.15, 0.2) is 32.0 Å². The first-order chi connectivity index (χ1) is 10.3. The molecule has 0 saturated carbocycles. The van der Waals surface area contributed by atoms with Crippen molar-refractivity contribution in [2.75, 3.05) is 0 Å². The molecule has 0 unspecified atom stereocenters. The summed E-state index contributed by atoms with van der Waals surface area (Å²) < 4.78 is 0. The van der Waals surface area contributed by atoms with Gasteiger partial charge < -0.3 is 5.11 Å². The number of nitrogens with zero attached hydrogens (tertiary/aromatic N) is 3. The van der Waals surface area contributed by atoms with Crippen molar-refractivity contribution in [1.29, 1.82) is 0 Å². The van der Waals surface area contributed by atoms with Crippen LogP contribution >= 0.6 is 23.2 Å². The van der Waals surface area contributed by atoms with Crippen molar-refractivity contribution in [3.05, 3.63) is 53.1 Å². The molecule has 12 heteroatoms. The standard InChI is InChI=1S/C10H5Cl2N5O5/c11-3-2-6(17(21)22)4(12)1-5(3)15-16-7-8(18)13-10(20)14-9(7)19/h1-2H,(H3,13,14,18,19,20). The van der Waals surface area contributed by atoms with Gasteiger partial charge in [-0.1, -0.05) is 23.2 Å². The molecule has 0 fully saturated rings. The summed E-state index contributed by atoms with van der Waals surface area (Å²) in [6.07, 6.45) is 0. The monoisotopic (exact) mass is 345 g/mol. The number of H-pyrrole nitrogens is 2. The highest BCUT2D eigenvalue weighted by molar-refractivity contribution is 6.36. The Balaban J connectivity index is 2.48. The normalized spacial score (nSPS) is 11.0. The molecule has 114 valence electrons. The minimum Gasteiger partial charge on any atom is -0.493 e. The molecule has 0 aliphatic carbocycles. The quantitative estimate of drug-likeness (QED) is 0.442. The lowest BCUT2D eigenvalue weighted by Crippen LogP contribution is -2.20. The van der Waals surface area contributed by atoms with E-state index in [0.717, 1.165) is 12.1 Å². The van der Waals surface area contributed by atoms with Gasteiger partial charge in [-0.25, -0.2) is 4.79 Å². The molecular weight excluding hydrogens is 341 g/mol. The van der Waals surface area contributed by atoms with E-state index in [1.165, 1.54) is 0 Å². The number of hydrogen-bond donors (Lipinski definition) is 3. The lowest BCUT2D eigenvalue weighted by molar-refractivity contribution is -0.384. The number of benzene rings is 1. The van der Waals surface area contributed by atoms with Gasteiger partial charge in [-0.3, -0.25) is 24.9 Å². The van der Waals surface area contributed by atoms with Crippen molar-refractivity contribution in [2.45, 2.75) is 0 Å². The Bertz CT molecular complexity index is 904. The van der Waals surface area contributed by atoms with Crippen LogP contribution in [-0.4, -0.2) is 20.0 Å². The maximum Gasteiger partial charge on any atom is 0.328 e. The Morgan fingerprint density at radius 1 is 1.14 bits per heavy atom. The smallest absolute Gasteiger partial charge is 0.328 e. The fraction of sp³-hybridized carbons (Fsp3) is 0. The van der Waals surface area contributed by atoms with Crippen LogP contribution in [0, 0.1) is 10.1 Å². The van der Waals surface area contributed by atoms with Crippen molar-refractivity contribution >= 4 is 40.3 Å². The summed E-state index contributed by atoms with van der Waals surface area (Å²) >= 11 is 11.5. The molecule has 0 radical (unpaired) electrons. The summed E-state index contributed by atoms with van der Waals surface area (Å²) in [5, 5.41) is 26.7. The first-order valence-electron chi connectivity index (χ1n) is 5.40. The van der Waals surface area contributed by atoms with Crippen LogP contribution in [0.2, 0.25) is 10.0 Å². The second kappa shape index (κ2) is 5.95. The molecule has 0 bridgehead atoms. The fourth-order valence-corrected chi connectivity index (χ4v) is 1.83. The van der Waals surface area contributed by atoms with Gasteiger partial charge in [-0.05, 0) is 6.07 Å². The minimum atomic E-state index is -0.978. The summed E-state index contributed by atoms with van der Waals surface area (Å²) in [6, 6.07) is 2.04. The van der Waals surface area contributed by atoms with E-state index >= 15 is 0 Å². The van der Waals surface area contributed by atoms with E-state index in [2.05, 4.69) is 10.2 Å². The van der Waals surface area contributed by atoms with Crippen LogP contribution in [-0.2, 0) is 0 Å². The van der Waals surface area contributed by atoms with Gasteiger partial charge in [0.15, 0.2) is 0 Å². The molecule has 0 saturated heterocycles. The lowest BCUT2D eigenvalue weighted by atomic mass is 10.3. The number of aromatic nitrogens is 2. The molecule has 0 amide bonds. The van der Waals surface area contributed by atoms with Crippen LogP contribution in [0.4, 0.5) is 17.1 Å². The zero-order valence-electron chi connectivity index (χ0n) is 10.3. The van der Waals surface area contributed by atoms with Crippen molar-refractivity contribution in [2.24, 2.45) is 10.2 Å². The number of halogens is 2. The van der Waals surface area contributed by atoms with Crippen molar-refractivity contribution in [3.8, 4) is 5.88 Å². The van der Waals surface area contributed by atoms with Crippen molar-refractivity contribution in [3.63, 3.8) is 0 Å². The number of nitro benzene ring substituents is 1. The molecular formula is C10H5Cl2N5O5. The molecule has 0 aliphatic heterocycles. The van der Waals surface area contributed by atoms with E-state index < -0.39 is 33.4 Å². The van der Waals surface area contributed by atoms with E-state index in [4.69, 9.17) is 23.2 Å². The predicted molar refractivity (Wildman–Crippen MR) is 76.6 cm³/mol. The number of hydrogen-bond acceptors (Lipinski definition) is 7. The molecule has 10 nitrogen and oxygen atoms in total. The Kier molecular flexibility index (Phi) is 4.24. The van der Waals surface area contributed by atoms with E-state index in [0.29, 0.717) is 0 Å². The number of nitro groups is 1. The molecule has 0 aliphatic rings. The van der Waals surface area contributed by atoms with Crippen LogP contribution in [0.3, 0.4) is 0 Å². The van der Waals surface area contributed by atoms with Gasteiger partial charge in [0.25, 0.3) is 11.2 Å². The molecule has 2 rings (SSSR count). The second-order valence-corrected chi connectivity index (χ2v) is 4.63. The van der Waals surface area contributed by atoms with Crippen molar-refractivity contribution in [1.82, 2.24) is 9.97 Å².